The molecule has 11 heteroatoms. The first kappa shape index (κ1) is 23.9. The second-order valence-electron chi connectivity index (χ2n) is 8.07. The highest BCUT2D eigenvalue weighted by molar-refractivity contribution is 5.98. The van der Waals surface area contributed by atoms with Gasteiger partial charge < -0.3 is 4.90 Å². The molecule has 0 radical (unpaired) electrons. The number of rotatable bonds is 3. The van der Waals surface area contributed by atoms with E-state index in [4.69, 9.17) is 0 Å². The molecule has 1 amide bonds. The van der Waals surface area contributed by atoms with E-state index in [0.717, 1.165) is 18.2 Å². The van der Waals surface area contributed by atoms with Crippen LogP contribution in [0.4, 0.5) is 26.3 Å². The molecule has 1 fully saturated rings. The highest BCUT2D eigenvalue weighted by Crippen LogP contribution is 2.33. The summed E-state index contributed by atoms with van der Waals surface area (Å²) in [7, 11) is 0. The van der Waals surface area contributed by atoms with Crippen molar-refractivity contribution in [2.75, 3.05) is 26.2 Å². The SMILES string of the molecule is O=C(c1cc2cnccc2nc1C(F)(F)F)N1CCCN(Cc2cccc(C(F)(F)F)c2)CC1. The minimum Gasteiger partial charge on any atom is -0.337 e. The number of hydrogen-bond acceptors (Lipinski definition) is 4. The Morgan fingerprint density at radius 3 is 2.47 bits per heavy atom. The van der Waals surface area contributed by atoms with Crippen molar-refractivity contribution in [2.24, 2.45) is 0 Å². The van der Waals surface area contributed by atoms with Gasteiger partial charge in [-0.1, -0.05) is 18.2 Å². The Hall–Kier alpha value is -3.21. The van der Waals surface area contributed by atoms with Crippen LogP contribution in [0.25, 0.3) is 10.9 Å². The first-order valence-corrected chi connectivity index (χ1v) is 10.5. The summed E-state index contributed by atoms with van der Waals surface area (Å²) in [6, 6.07) is 7.51. The number of alkyl halides is 6. The average molecular weight is 482 g/mol. The van der Waals surface area contributed by atoms with E-state index in [1.54, 1.807) is 6.07 Å². The largest absolute Gasteiger partial charge is 0.434 e. The van der Waals surface area contributed by atoms with Gasteiger partial charge in [0.25, 0.3) is 5.91 Å². The van der Waals surface area contributed by atoms with Gasteiger partial charge >= 0.3 is 12.4 Å². The summed E-state index contributed by atoms with van der Waals surface area (Å²) in [5.74, 6) is -0.786. The van der Waals surface area contributed by atoms with Crippen LogP contribution in [0, 0.1) is 0 Å². The lowest BCUT2D eigenvalue weighted by atomic mass is 10.1. The molecule has 1 aromatic carbocycles. The van der Waals surface area contributed by atoms with Crippen LogP contribution in [0.3, 0.4) is 0 Å². The maximum Gasteiger partial charge on any atom is 0.434 e. The third kappa shape index (κ3) is 5.30. The summed E-state index contributed by atoms with van der Waals surface area (Å²) in [4.78, 5) is 23.9. The number of benzene rings is 1. The summed E-state index contributed by atoms with van der Waals surface area (Å²) in [5.41, 5.74) is -1.97. The Morgan fingerprint density at radius 1 is 0.941 bits per heavy atom. The molecule has 0 atom stereocenters. The number of aromatic nitrogens is 2. The molecule has 4 rings (SSSR count). The van der Waals surface area contributed by atoms with Gasteiger partial charge in [0.2, 0.25) is 0 Å². The number of carbonyl (C=O) groups is 1. The molecule has 5 nitrogen and oxygen atoms in total. The van der Waals surface area contributed by atoms with E-state index in [-0.39, 0.29) is 25.2 Å². The number of pyridine rings is 2. The number of amides is 1. The van der Waals surface area contributed by atoms with E-state index in [1.807, 2.05) is 4.90 Å². The summed E-state index contributed by atoms with van der Waals surface area (Å²) in [6.07, 6.45) is -6.13. The number of hydrogen-bond donors (Lipinski definition) is 0. The normalized spacial score (nSPS) is 16.0. The molecule has 0 bridgehead atoms. The zero-order chi connectivity index (χ0) is 24.5. The Morgan fingerprint density at radius 2 is 1.74 bits per heavy atom. The van der Waals surface area contributed by atoms with Gasteiger partial charge in [-0.05, 0) is 30.2 Å². The quantitative estimate of drug-likeness (QED) is 0.493. The third-order valence-electron chi connectivity index (χ3n) is 5.65. The van der Waals surface area contributed by atoms with Crippen molar-refractivity contribution in [3.05, 3.63) is 71.2 Å². The molecule has 0 unspecified atom stereocenters. The summed E-state index contributed by atoms with van der Waals surface area (Å²) in [6.45, 7) is 1.40. The monoisotopic (exact) mass is 482 g/mol. The van der Waals surface area contributed by atoms with Crippen LogP contribution < -0.4 is 0 Å². The number of carbonyl (C=O) groups excluding carboxylic acids is 1. The lowest BCUT2D eigenvalue weighted by molar-refractivity contribution is -0.141. The molecule has 34 heavy (non-hydrogen) atoms. The van der Waals surface area contributed by atoms with Crippen LogP contribution in [0.5, 0.6) is 0 Å². The van der Waals surface area contributed by atoms with E-state index < -0.39 is 35.1 Å². The molecule has 2 aromatic heterocycles. The van der Waals surface area contributed by atoms with E-state index >= 15 is 0 Å². The van der Waals surface area contributed by atoms with Crippen LogP contribution in [0.1, 0.15) is 33.6 Å². The predicted molar refractivity (Wildman–Crippen MR) is 112 cm³/mol. The van der Waals surface area contributed by atoms with Crippen LogP contribution in [0.2, 0.25) is 0 Å². The molecule has 1 saturated heterocycles. The first-order chi connectivity index (χ1) is 16.0. The second-order valence-corrected chi connectivity index (χ2v) is 8.07. The fourth-order valence-corrected chi connectivity index (χ4v) is 4.00. The highest BCUT2D eigenvalue weighted by atomic mass is 19.4. The maximum absolute atomic E-state index is 13.7. The topological polar surface area (TPSA) is 49.3 Å². The zero-order valence-corrected chi connectivity index (χ0v) is 17.8. The minimum absolute atomic E-state index is 0.0852. The Kier molecular flexibility index (Phi) is 6.48. The summed E-state index contributed by atoms with van der Waals surface area (Å²) in [5, 5.41) is 0.319. The van der Waals surface area contributed by atoms with Gasteiger partial charge in [0.15, 0.2) is 5.69 Å². The van der Waals surface area contributed by atoms with E-state index in [1.165, 1.54) is 29.4 Å². The smallest absolute Gasteiger partial charge is 0.337 e. The van der Waals surface area contributed by atoms with Crippen LogP contribution >= 0.6 is 0 Å². The third-order valence-corrected chi connectivity index (χ3v) is 5.65. The van der Waals surface area contributed by atoms with Gasteiger partial charge in [-0.15, -0.1) is 0 Å². The number of fused-ring (bicyclic) bond motifs is 1. The highest BCUT2D eigenvalue weighted by Gasteiger charge is 2.39. The standard InChI is InChI=1S/C23H20F6N4O/c24-22(25,26)17-4-1-3-15(11-17)14-32-7-2-8-33(10-9-32)21(34)18-12-16-13-30-6-5-19(16)31-20(18)23(27,28)29/h1,3-6,11-13H,2,7-10,14H2. The molecule has 3 aromatic rings. The van der Waals surface area contributed by atoms with Gasteiger partial charge in [0.05, 0.1) is 16.6 Å². The Labute approximate surface area is 191 Å². The van der Waals surface area contributed by atoms with Crippen LogP contribution in [-0.2, 0) is 18.9 Å². The van der Waals surface area contributed by atoms with Crippen molar-refractivity contribution in [1.29, 1.82) is 0 Å². The van der Waals surface area contributed by atoms with Gasteiger partial charge in [-0.3, -0.25) is 14.7 Å². The molecular formula is C23H20F6N4O. The van der Waals surface area contributed by atoms with Crippen molar-refractivity contribution in [3.63, 3.8) is 0 Å². The van der Waals surface area contributed by atoms with E-state index in [2.05, 4.69) is 9.97 Å². The average Bonchev–Trinajstić information content (AvgIpc) is 3.02. The molecule has 180 valence electrons. The molecule has 0 N–H and O–H groups in total. The van der Waals surface area contributed by atoms with E-state index in [9.17, 15) is 31.1 Å². The first-order valence-electron chi connectivity index (χ1n) is 10.5. The fourth-order valence-electron chi connectivity index (χ4n) is 4.00. The maximum atomic E-state index is 13.7. The van der Waals surface area contributed by atoms with Crippen LogP contribution in [0.15, 0.2) is 48.8 Å². The fraction of sp³-hybridized carbons (Fsp3) is 0.348. The molecule has 1 aliphatic rings. The predicted octanol–water partition coefficient (Wildman–Crippen LogP) is 5.02. The van der Waals surface area contributed by atoms with Gasteiger partial charge in [0, 0.05) is 50.5 Å². The lowest BCUT2D eigenvalue weighted by Gasteiger charge is -2.23. The van der Waals surface area contributed by atoms with Gasteiger partial charge in [-0.2, -0.15) is 26.3 Å². The molecule has 1 aliphatic heterocycles. The van der Waals surface area contributed by atoms with Gasteiger partial charge in [0.1, 0.15) is 0 Å². The van der Waals surface area contributed by atoms with Crippen molar-refractivity contribution in [2.45, 2.75) is 25.3 Å². The number of halogens is 6. The van der Waals surface area contributed by atoms with Gasteiger partial charge in [-0.25, -0.2) is 4.98 Å². The van der Waals surface area contributed by atoms with E-state index in [0.29, 0.717) is 30.5 Å². The zero-order valence-electron chi connectivity index (χ0n) is 17.8. The number of nitrogens with zero attached hydrogens (tertiary/aromatic N) is 4. The molecule has 0 spiro atoms. The van der Waals surface area contributed by atoms with Crippen molar-refractivity contribution in [3.8, 4) is 0 Å². The molecule has 0 aliphatic carbocycles. The van der Waals surface area contributed by atoms with Crippen molar-refractivity contribution >= 4 is 16.8 Å². The summed E-state index contributed by atoms with van der Waals surface area (Å²) < 4.78 is 79.9. The van der Waals surface area contributed by atoms with Crippen LogP contribution in [-0.4, -0.2) is 51.9 Å². The van der Waals surface area contributed by atoms with Crippen molar-refractivity contribution < 1.29 is 31.1 Å². The lowest BCUT2D eigenvalue weighted by Crippen LogP contribution is -2.36. The summed E-state index contributed by atoms with van der Waals surface area (Å²) >= 11 is 0. The minimum atomic E-state index is -4.82. The molecule has 0 saturated carbocycles. The molecule has 3 heterocycles. The Balaban J connectivity index is 1.52. The Bertz CT molecular complexity index is 1190. The van der Waals surface area contributed by atoms with Crippen molar-refractivity contribution in [1.82, 2.24) is 19.8 Å². The second kappa shape index (κ2) is 9.21. The molecular weight excluding hydrogens is 462 g/mol.